The molecule has 0 aliphatic heterocycles. The van der Waals surface area contributed by atoms with Gasteiger partial charge in [0, 0.05) is 12.4 Å². The molecule has 0 fully saturated rings. The summed E-state index contributed by atoms with van der Waals surface area (Å²) in [6, 6.07) is 9.35. The van der Waals surface area contributed by atoms with Gasteiger partial charge < -0.3 is 15.8 Å². The summed E-state index contributed by atoms with van der Waals surface area (Å²) in [5, 5.41) is 11.1. The molecule has 0 saturated heterocycles. The van der Waals surface area contributed by atoms with Crippen LogP contribution in [0.5, 0.6) is 0 Å². The van der Waals surface area contributed by atoms with Crippen molar-refractivity contribution in [3.05, 3.63) is 48.3 Å². The highest BCUT2D eigenvalue weighted by Gasteiger charge is 2.07. The highest BCUT2D eigenvalue weighted by molar-refractivity contribution is 5.17. The van der Waals surface area contributed by atoms with Gasteiger partial charge in [0.2, 0.25) is 0 Å². The van der Waals surface area contributed by atoms with Gasteiger partial charge in [0.25, 0.3) is 0 Å². The lowest BCUT2D eigenvalue weighted by Crippen LogP contribution is -2.30. The summed E-state index contributed by atoms with van der Waals surface area (Å²) < 4.78 is 0. The maximum atomic E-state index is 9.72. The van der Waals surface area contributed by atoms with Crippen molar-refractivity contribution in [1.29, 1.82) is 0 Å². The van der Waals surface area contributed by atoms with E-state index < -0.39 is 6.10 Å². The molecule has 0 heterocycles. The Kier molecular flexibility index (Phi) is 3.97. The van der Waals surface area contributed by atoms with Crippen molar-refractivity contribution in [3.63, 3.8) is 0 Å². The molecule has 0 amide bonds. The van der Waals surface area contributed by atoms with E-state index in [1.807, 2.05) is 30.3 Å². The Bertz CT molecular complexity index is 287. The highest BCUT2D eigenvalue weighted by atomic mass is 16.3. The van der Waals surface area contributed by atoms with Crippen LogP contribution in [0.2, 0.25) is 0 Å². The minimum Gasteiger partial charge on any atom is -0.403 e. The van der Waals surface area contributed by atoms with Gasteiger partial charge in [0.15, 0.2) is 0 Å². The molecule has 0 bridgehead atoms. The van der Waals surface area contributed by atoms with Gasteiger partial charge in [0.1, 0.15) is 0 Å². The van der Waals surface area contributed by atoms with Crippen LogP contribution in [-0.2, 0) is 0 Å². The molecule has 0 radical (unpaired) electrons. The van der Waals surface area contributed by atoms with Crippen molar-refractivity contribution in [3.8, 4) is 0 Å². The van der Waals surface area contributed by atoms with E-state index in [-0.39, 0.29) is 0 Å². The van der Waals surface area contributed by atoms with Crippen LogP contribution < -0.4 is 11.6 Å². The Hall–Kier alpha value is -1.52. The van der Waals surface area contributed by atoms with Crippen LogP contribution >= 0.6 is 0 Å². The summed E-state index contributed by atoms with van der Waals surface area (Å²) in [6.45, 7) is 0.317. The van der Waals surface area contributed by atoms with Crippen LogP contribution in [0.15, 0.2) is 42.7 Å². The molecule has 1 atom stereocenters. The number of nitrogens with zero attached hydrogens (tertiary/aromatic N) is 1. The van der Waals surface area contributed by atoms with E-state index in [0.717, 1.165) is 5.56 Å². The van der Waals surface area contributed by atoms with Crippen molar-refractivity contribution in [2.75, 3.05) is 6.54 Å². The smallest absolute Gasteiger partial charge is 0.0980 e. The van der Waals surface area contributed by atoms with Crippen molar-refractivity contribution < 1.29 is 5.11 Å². The fourth-order valence-corrected chi connectivity index (χ4v) is 1.15. The van der Waals surface area contributed by atoms with Crippen molar-refractivity contribution >= 4 is 0 Å². The van der Waals surface area contributed by atoms with Crippen LogP contribution in [0.4, 0.5) is 0 Å². The van der Waals surface area contributed by atoms with Crippen LogP contribution in [0, 0.1) is 0 Å². The van der Waals surface area contributed by atoms with Crippen molar-refractivity contribution in [1.82, 2.24) is 5.01 Å². The van der Waals surface area contributed by atoms with Gasteiger partial charge in [-0.2, -0.15) is 0 Å². The van der Waals surface area contributed by atoms with Crippen LogP contribution in [0.3, 0.4) is 0 Å². The molecule has 4 nitrogen and oxygen atoms in total. The van der Waals surface area contributed by atoms with E-state index in [4.69, 9.17) is 11.6 Å². The zero-order valence-corrected chi connectivity index (χ0v) is 7.88. The fourth-order valence-electron chi connectivity index (χ4n) is 1.15. The van der Waals surface area contributed by atoms with Crippen LogP contribution in [-0.4, -0.2) is 16.7 Å². The number of aliphatic hydroxyl groups excluding tert-OH is 1. The molecule has 0 saturated carbocycles. The zero-order valence-electron chi connectivity index (χ0n) is 7.88. The maximum Gasteiger partial charge on any atom is 0.0980 e. The predicted molar refractivity (Wildman–Crippen MR) is 55.6 cm³/mol. The standard InChI is InChI=1S/C10H15N3O/c11-6-7-13(12)8-10(14)9-4-2-1-3-5-9/h1-7,10,14H,8,11-12H2/b7-6-. The molecule has 1 rings (SSSR count). The first-order chi connectivity index (χ1) is 6.74. The van der Waals surface area contributed by atoms with Gasteiger partial charge in [-0.15, -0.1) is 0 Å². The van der Waals surface area contributed by atoms with Crippen molar-refractivity contribution in [2.24, 2.45) is 11.6 Å². The third-order valence-corrected chi connectivity index (χ3v) is 1.85. The van der Waals surface area contributed by atoms with E-state index in [0.29, 0.717) is 6.54 Å². The molecule has 5 N–H and O–H groups in total. The fraction of sp³-hybridized carbons (Fsp3) is 0.200. The number of aliphatic hydroxyl groups is 1. The molecule has 0 spiro atoms. The average molecular weight is 193 g/mol. The predicted octanol–water partition coefficient (Wildman–Crippen LogP) is 0.326. The van der Waals surface area contributed by atoms with Gasteiger partial charge >= 0.3 is 0 Å². The number of benzene rings is 1. The lowest BCUT2D eigenvalue weighted by atomic mass is 10.1. The summed E-state index contributed by atoms with van der Waals surface area (Å²) in [5.74, 6) is 5.53. The first kappa shape index (κ1) is 10.6. The van der Waals surface area contributed by atoms with Crippen molar-refractivity contribution in [2.45, 2.75) is 6.10 Å². The van der Waals surface area contributed by atoms with Gasteiger partial charge in [-0.25, -0.2) is 5.84 Å². The third kappa shape index (κ3) is 3.08. The lowest BCUT2D eigenvalue weighted by Gasteiger charge is -2.18. The number of hydrogen-bond acceptors (Lipinski definition) is 4. The molecule has 4 heteroatoms. The molecule has 0 aliphatic rings. The van der Waals surface area contributed by atoms with E-state index in [1.165, 1.54) is 17.4 Å². The first-order valence-corrected chi connectivity index (χ1v) is 4.37. The molecule has 14 heavy (non-hydrogen) atoms. The average Bonchev–Trinajstić information content (AvgIpc) is 2.19. The first-order valence-electron chi connectivity index (χ1n) is 4.37. The molecule has 0 aliphatic carbocycles. The van der Waals surface area contributed by atoms with Crippen LogP contribution in [0.1, 0.15) is 11.7 Å². The maximum absolute atomic E-state index is 9.72. The third-order valence-electron chi connectivity index (χ3n) is 1.85. The molecular formula is C10H15N3O. The summed E-state index contributed by atoms with van der Waals surface area (Å²) >= 11 is 0. The molecule has 1 aromatic rings. The Morgan fingerprint density at radius 3 is 2.57 bits per heavy atom. The molecule has 1 unspecified atom stereocenters. The second-order valence-corrected chi connectivity index (χ2v) is 2.96. The Morgan fingerprint density at radius 2 is 2.00 bits per heavy atom. The van der Waals surface area contributed by atoms with Gasteiger partial charge in [0.05, 0.1) is 12.6 Å². The quantitative estimate of drug-likeness (QED) is 0.475. The molecule has 76 valence electrons. The van der Waals surface area contributed by atoms with Crippen LogP contribution in [0.25, 0.3) is 0 Å². The molecule has 1 aromatic carbocycles. The number of nitrogens with two attached hydrogens (primary N) is 2. The topological polar surface area (TPSA) is 75.5 Å². The normalized spacial score (nSPS) is 13.0. The Morgan fingerprint density at radius 1 is 1.36 bits per heavy atom. The summed E-state index contributed by atoms with van der Waals surface area (Å²) in [6.07, 6.45) is 2.24. The van der Waals surface area contributed by atoms with E-state index in [1.54, 1.807) is 0 Å². The zero-order chi connectivity index (χ0) is 10.4. The van der Waals surface area contributed by atoms with E-state index in [9.17, 15) is 5.11 Å². The van der Waals surface area contributed by atoms with E-state index in [2.05, 4.69) is 0 Å². The Balaban J connectivity index is 2.54. The lowest BCUT2D eigenvalue weighted by molar-refractivity contribution is 0.136. The molecular weight excluding hydrogens is 178 g/mol. The Labute approximate surface area is 83.4 Å². The van der Waals surface area contributed by atoms with Gasteiger partial charge in [-0.3, -0.25) is 0 Å². The minimum absolute atomic E-state index is 0.317. The van der Waals surface area contributed by atoms with E-state index >= 15 is 0 Å². The summed E-state index contributed by atoms with van der Waals surface area (Å²) in [4.78, 5) is 0. The van der Waals surface area contributed by atoms with Gasteiger partial charge in [-0.05, 0) is 5.56 Å². The number of rotatable bonds is 4. The highest BCUT2D eigenvalue weighted by Crippen LogP contribution is 2.12. The second kappa shape index (κ2) is 5.26. The minimum atomic E-state index is -0.600. The largest absolute Gasteiger partial charge is 0.403 e. The summed E-state index contributed by atoms with van der Waals surface area (Å²) in [7, 11) is 0. The second-order valence-electron chi connectivity index (χ2n) is 2.96. The monoisotopic (exact) mass is 193 g/mol. The SMILES string of the molecule is N/C=C\N(N)CC(O)c1ccccc1. The number of hydrogen-bond donors (Lipinski definition) is 3. The molecule has 0 aromatic heterocycles. The number of hydrazine groups is 1. The van der Waals surface area contributed by atoms with Gasteiger partial charge in [-0.1, -0.05) is 30.3 Å². The summed E-state index contributed by atoms with van der Waals surface area (Å²) in [5.41, 5.74) is 6.00.